The fourth-order valence-electron chi connectivity index (χ4n) is 1.78. The van der Waals surface area contributed by atoms with E-state index in [1.807, 2.05) is 18.2 Å². The van der Waals surface area contributed by atoms with Gasteiger partial charge in [0.15, 0.2) is 0 Å². The fraction of sp³-hybridized carbons (Fsp3) is 0.417. The van der Waals surface area contributed by atoms with Crippen LogP contribution in [-0.2, 0) is 11.3 Å². The van der Waals surface area contributed by atoms with Gasteiger partial charge in [-0.1, -0.05) is 29.8 Å². The molecule has 5 heteroatoms. The van der Waals surface area contributed by atoms with Gasteiger partial charge < -0.3 is 9.84 Å². The van der Waals surface area contributed by atoms with Gasteiger partial charge >= 0.3 is 6.09 Å². The van der Waals surface area contributed by atoms with Crippen LogP contribution in [0, 0.1) is 0 Å². The molecule has 1 fully saturated rings. The van der Waals surface area contributed by atoms with Crippen LogP contribution in [-0.4, -0.2) is 34.9 Å². The van der Waals surface area contributed by atoms with E-state index in [2.05, 4.69) is 0 Å². The molecule has 1 heterocycles. The van der Waals surface area contributed by atoms with Crippen molar-refractivity contribution in [3.63, 3.8) is 0 Å². The number of aliphatic hydroxyl groups is 1. The molecule has 0 radical (unpaired) electrons. The van der Waals surface area contributed by atoms with Crippen molar-refractivity contribution in [1.82, 2.24) is 4.90 Å². The summed E-state index contributed by atoms with van der Waals surface area (Å²) in [6.07, 6.45) is -0.415. The zero-order valence-corrected chi connectivity index (χ0v) is 10.3. The van der Waals surface area contributed by atoms with Gasteiger partial charge in [-0.3, -0.25) is 4.90 Å². The van der Waals surface area contributed by atoms with Gasteiger partial charge in [0.05, 0.1) is 13.2 Å². The Hall–Kier alpha value is -1.26. The lowest BCUT2D eigenvalue weighted by Gasteiger charge is -2.30. The van der Waals surface area contributed by atoms with Crippen molar-refractivity contribution in [2.45, 2.75) is 19.0 Å². The molecule has 0 aromatic heterocycles. The topological polar surface area (TPSA) is 49.8 Å². The molecule has 1 amide bonds. The first kappa shape index (κ1) is 12.2. The third-order valence-electron chi connectivity index (χ3n) is 3.01. The maximum absolute atomic E-state index is 11.6. The molecular formula is C12H14ClNO3. The highest BCUT2D eigenvalue weighted by molar-refractivity contribution is 6.31. The second-order valence-corrected chi connectivity index (χ2v) is 4.79. The Kier molecular flexibility index (Phi) is 3.26. The van der Waals surface area contributed by atoms with Gasteiger partial charge in [-0.05, 0) is 18.6 Å². The molecule has 0 bridgehead atoms. The second kappa shape index (κ2) is 4.55. The maximum atomic E-state index is 11.6. The number of carbonyl (C=O) groups excluding carboxylic acids is 1. The Morgan fingerprint density at radius 2 is 2.24 bits per heavy atom. The van der Waals surface area contributed by atoms with Crippen molar-refractivity contribution in [2.24, 2.45) is 0 Å². The Balaban J connectivity index is 2.23. The van der Waals surface area contributed by atoms with Crippen LogP contribution in [0.5, 0.6) is 0 Å². The zero-order valence-electron chi connectivity index (χ0n) is 9.52. The minimum atomic E-state index is -0.670. The van der Waals surface area contributed by atoms with E-state index in [1.165, 1.54) is 4.90 Å². The molecule has 1 saturated heterocycles. The lowest BCUT2D eigenvalue weighted by Crippen LogP contribution is -2.47. The van der Waals surface area contributed by atoms with Crippen LogP contribution < -0.4 is 0 Å². The van der Waals surface area contributed by atoms with E-state index in [0.29, 0.717) is 11.6 Å². The predicted molar refractivity (Wildman–Crippen MR) is 63.8 cm³/mol. The van der Waals surface area contributed by atoms with E-state index in [0.717, 1.165) is 5.56 Å². The number of aliphatic hydroxyl groups excluding tert-OH is 1. The normalized spacial score (nSPS) is 23.9. The summed E-state index contributed by atoms with van der Waals surface area (Å²) < 4.78 is 4.97. The predicted octanol–water partition coefficient (Wildman–Crippen LogP) is 2.04. The third kappa shape index (κ3) is 2.23. The quantitative estimate of drug-likeness (QED) is 0.899. The fourth-order valence-corrected chi connectivity index (χ4v) is 1.97. The summed E-state index contributed by atoms with van der Waals surface area (Å²) in [7, 11) is 0. The molecule has 1 aromatic carbocycles. The van der Waals surface area contributed by atoms with E-state index in [9.17, 15) is 9.90 Å². The first-order chi connectivity index (χ1) is 8.07. The van der Waals surface area contributed by atoms with Crippen molar-refractivity contribution < 1.29 is 14.6 Å². The van der Waals surface area contributed by atoms with Crippen LogP contribution in [0.15, 0.2) is 24.3 Å². The van der Waals surface area contributed by atoms with Crippen LogP contribution in [0.1, 0.15) is 12.5 Å². The van der Waals surface area contributed by atoms with Crippen molar-refractivity contribution in [2.75, 3.05) is 13.2 Å². The van der Waals surface area contributed by atoms with Gasteiger partial charge in [-0.2, -0.15) is 0 Å². The first-order valence-electron chi connectivity index (χ1n) is 5.35. The number of halogens is 1. The van der Waals surface area contributed by atoms with Crippen LogP contribution >= 0.6 is 11.6 Å². The highest BCUT2D eigenvalue weighted by Crippen LogP contribution is 2.27. The molecule has 1 aromatic rings. The summed E-state index contributed by atoms with van der Waals surface area (Å²) in [6.45, 7) is 2.19. The van der Waals surface area contributed by atoms with Crippen molar-refractivity contribution in [3.05, 3.63) is 34.9 Å². The van der Waals surface area contributed by atoms with Crippen molar-refractivity contribution in [3.8, 4) is 0 Å². The van der Waals surface area contributed by atoms with E-state index in [1.54, 1.807) is 13.0 Å². The summed E-state index contributed by atoms with van der Waals surface area (Å²) in [5, 5.41) is 9.96. The molecule has 0 spiro atoms. The van der Waals surface area contributed by atoms with Crippen LogP contribution in [0.3, 0.4) is 0 Å². The first-order valence-corrected chi connectivity index (χ1v) is 5.73. The summed E-state index contributed by atoms with van der Waals surface area (Å²) in [6, 6.07) is 7.32. The highest BCUT2D eigenvalue weighted by atomic mass is 35.5. The Bertz CT molecular complexity index is 438. The van der Waals surface area contributed by atoms with E-state index < -0.39 is 11.6 Å². The molecule has 0 saturated carbocycles. The zero-order chi connectivity index (χ0) is 12.5. The molecule has 1 aliphatic rings. The average Bonchev–Trinajstić information content (AvgIpc) is 2.61. The highest BCUT2D eigenvalue weighted by Gasteiger charge is 2.43. The standard InChI is InChI=1S/C12H14ClNO3/c1-12(7-15)8-17-11(16)14(12)6-9-4-2-3-5-10(9)13/h2-5,15H,6-8H2,1H3. The van der Waals surface area contributed by atoms with Crippen molar-refractivity contribution >= 4 is 17.7 Å². The van der Waals surface area contributed by atoms with Gasteiger partial charge in [0.25, 0.3) is 0 Å². The number of benzene rings is 1. The van der Waals surface area contributed by atoms with Crippen molar-refractivity contribution in [1.29, 1.82) is 0 Å². The van der Waals surface area contributed by atoms with Gasteiger partial charge in [-0.15, -0.1) is 0 Å². The maximum Gasteiger partial charge on any atom is 0.410 e. The minimum Gasteiger partial charge on any atom is -0.447 e. The molecule has 1 aliphatic heterocycles. The van der Waals surface area contributed by atoms with E-state index in [4.69, 9.17) is 16.3 Å². The molecule has 17 heavy (non-hydrogen) atoms. The number of nitrogens with zero attached hydrogens (tertiary/aromatic N) is 1. The second-order valence-electron chi connectivity index (χ2n) is 4.39. The van der Waals surface area contributed by atoms with Gasteiger partial charge in [0.2, 0.25) is 0 Å². The smallest absolute Gasteiger partial charge is 0.410 e. The molecular weight excluding hydrogens is 242 g/mol. The van der Waals surface area contributed by atoms with Gasteiger partial charge in [-0.25, -0.2) is 4.79 Å². The van der Waals surface area contributed by atoms with Crippen LogP contribution in [0.25, 0.3) is 0 Å². The lowest BCUT2D eigenvalue weighted by molar-refractivity contribution is 0.0957. The van der Waals surface area contributed by atoms with Gasteiger partial charge in [0.1, 0.15) is 12.1 Å². The molecule has 0 aliphatic carbocycles. The Labute approximate surface area is 105 Å². The number of carbonyl (C=O) groups is 1. The van der Waals surface area contributed by atoms with Gasteiger partial charge in [0, 0.05) is 5.02 Å². The molecule has 1 atom stereocenters. The Morgan fingerprint density at radius 1 is 1.53 bits per heavy atom. The van der Waals surface area contributed by atoms with Crippen LogP contribution in [0.2, 0.25) is 5.02 Å². The number of hydrogen-bond donors (Lipinski definition) is 1. The largest absolute Gasteiger partial charge is 0.447 e. The summed E-state index contributed by atoms with van der Waals surface area (Å²) in [4.78, 5) is 13.1. The molecule has 4 nitrogen and oxygen atoms in total. The lowest BCUT2D eigenvalue weighted by atomic mass is 10.0. The number of cyclic esters (lactones) is 1. The summed E-state index contributed by atoms with van der Waals surface area (Å²) in [5.74, 6) is 0. The molecule has 2 rings (SSSR count). The summed E-state index contributed by atoms with van der Waals surface area (Å²) >= 11 is 6.05. The Morgan fingerprint density at radius 3 is 2.88 bits per heavy atom. The molecule has 1 unspecified atom stereocenters. The average molecular weight is 256 g/mol. The molecule has 92 valence electrons. The van der Waals surface area contributed by atoms with E-state index >= 15 is 0 Å². The van der Waals surface area contributed by atoms with Crippen LogP contribution in [0.4, 0.5) is 4.79 Å². The number of hydrogen-bond acceptors (Lipinski definition) is 3. The number of ether oxygens (including phenoxy) is 1. The number of rotatable bonds is 3. The third-order valence-corrected chi connectivity index (χ3v) is 3.37. The summed E-state index contributed by atoms with van der Waals surface area (Å²) in [5.41, 5.74) is 0.170. The number of amides is 1. The monoisotopic (exact) mass is 255 g/mol. The van der Waals surface area contributed by atoms with E-state index in [-0.39, 0.29) is 13.2 Å². The minimum absolute atomic E-state index is 0.136. The SMILES string of the molecule is CC1(CO)COC(=O)N1Cc1ccccc1Cl. The molecule has 1 N–H and O–H groups in total.